The number of anilines is 1. The minimum absolute atomic E-state index is 0.00208. The molecule has 1 aromatic carbocycles. The van der Waals surface area contributed by atoms with Gasteiger partial charge in [0.25, 0.3) is 0 Å². The van der Waals surface area contributed by atoms with Gasteiger partial charge in [0.2, 0.25) is 0 Å². The zero-order valence-corrected chi connectivity index (χ0v) is 16.8. The predicted molar refractivity (Wildman–Crippen MR) is 106 cm³/mol. The van der Waals surface area contributed by atoms with E-state index in [2.05, 4.69) is 30.8 Å². The second-order valence-corrected chi connectivity index (χ2v) is 10.3. The summed E-state index contributed by atoms with van der Waals surface area (Å²) in [6, 6.07) is 9.48. The zero-order valence-electron chi connectivity index (χ0n) is 15.1. The van der Waals surface area contributed by atoms with E-state index in [9.17, 15) is 4.57 Å². The predicted octanol–water partition coefficient (Wildman–Crippen LogP) is 5.55. The molecule has 2 aromatic rings. The number of hydrogen-bond donors (Lipinski definition) is 1. The van der Waals surface area contributed by atoms with Gasteiger partial charge in [-0.25, -0.2) is 4.98 Å². The normalized spacial score (nSPS) is 26.3. The third-order valence-electron chi connectivity index (χ3n) is 5.02. The highest BCUT2D eigenvalue weighted by atomic mass is 32.1. The molecular weight excluding hydrogens is 351 g/mol. The van der Waals surface area contributed by atoms with Crippen molar-refractivity contribution in [2.75, 3.05) is 5.09 Å². The summed E-state index contributed by atoms with van der Waals surface area (Å²) >= 11 is 1.44. The van der Waals surface area contributed by atoms with Crippen molar-refractivity contribution in [3.05, 3.63) is 41.9 Å². The van der Waals surface area contributed by atoms with Gasteiger partial charge in [0, 0.05) is 11.6 Å². The Hall–Kier alpha value is -1.16. The summed E-state index contributed by atoms with van der Waals surface area (Å²) in [4.78, 5) is 4.24. The Balaban J connectivity index is 1.90. The summed E-state index contributed by atoms with van der Waals surface area (Å²) in [5, 5.41) is 6.32. The highest BCUT2D eigenvalue weighted by molar-refractivity contribution is 7.68. The van der Waals surface area contributed by atoms with Crippen LogP contribution in [0.1, 0.15) is 40.0 Å². The molecule has 0 amide bonds. The minimum atomic E-state index is -3.23. The first-order valence-corrected chi connectivity index (χ1v) is 11.5. The maximum atomic E-state index is 13.9. The van der Waals surface area contributed by atoms with Gasteiger partial charge in [-0.1, -0.05) is 45.4 Å². The number of hydrogen-bond acceptors (Lipinski definition) is 4. The second-order valence-electron chi connectivity index (χ2n) is 7.31. The monoisotopic (exact) mass is 378 g/mol. The number of aromatic nitrogens is 1. The summed E-state index contributed by atoms with van der Waals surface area (Å²) in [5.41, 5.74) is 0. The molecule has 136 valence electrons. The molecule has 25 heavy (non-hydrogen) atoms. The van der Waals surface area contributed by atoms with Gasteiger partial charge in [0.05, 0.1) is 11.4 Å². The summed E-state index contributed by atoms with van der Waals surface area (Å²) in [6.07, 6.45) is 5.02. The van der Waals surface area contributed by atoms with Gasteiger partial charge in [-0.05, 0) is 42.7 Å². The lowest BCUT2D eigenvalue weighted by molar-refractivity contribution is 0.0506. The van der Waals surface area contributed by atoms with Gasteiger partial charge in [0.15, 0.2) is 5.13 Å². The summed E-state index contributed by atoms with van der Waals surface area (Å²) in [5.74, 6) is 1.55. The molecular formula is C19H27N2O2PS. The fourth-order valence-corrected chi connectivity index (χ4v) is 6.35. The smallest absolute Gasteiger partial charge is 0.306 e. The standard InChI is InChI=1S/C19H27N2O2PS/c1-14(2)17-10-9-15(3)13-18(17)23-24(22,16-7-5-4-6-8-16)21-19-20-11-12-25-19/h4-8,11-12,14-15,17-18H,9-10,13H2,1-3H3,(H,20,21,22). The number of nitrogens with one attached hydrogen (secondary N) is 1. The van der Waals surface area contributed by atoms with E-state index in [4.69, 9.17) is 4.52 Å². The highest BCUT2D eigenvalue weighted by Gasteiger charge is 2.38. The van der Waals surface area contributed by atoms with Crippen molar-refractivity contribution < 1.29 is 9.09 Å². The molecule has 1 saturated carbocycles. The van der Waals surface area contributed by atoms with E-state index in [0.717, 1.165) is 12.8 Å². The fraction of sp³-hybridized carbons (Fsp3) is 0.526. The number of rotatable bonds is 6. The van der Waals surface area contributed by atoms with Gasteiger partial charge in [-0.2, -0.15) is 0 Å². The first kappa shape index (κ1) is 18.6. The van der Waals surface area contributed by atoms with Crippen LogP contribution in [0.5, 0.6) is 0 Å². The van der Waals surface area contributed by atoms with Crippen LogP contribution in [0.4, 0.5) is 5.13 Å². The van der Waals surface area contributed by atoms with Crippen LogP contribution in [0.2, 0.25) is 0 Å². The van der Waals surface area contributed by atoms with Gasteiger partial charge in [-0.15, -0.1) is 11.3 Å². The van der Waals surface area contributed by atoms with Crippen LogP contribution in [0.3, 0.4) is 0 Å². The molecule has 0 saturated heterocycles. The van der Waals surface area contributed by atoms with Crippen LogP contribution in [-0.2, 0) is 9.09 Å². The summed E-state index contributed by atoms with van der Waals surface area (Å²) in [6.45, 7) is 6.73. The number of thiazole rings is 1. The number of nitrogens with zero attached hydrogens (tertiary/aromatic N) is 1. The largest absolute Gasteiger partial charge is 0.326 e. The zero-order chi connectivity index (χ0) is 17.9. The Morgan fingerprint density at radius 1 is 1.28 bits per heavy atom. The third-order valence-corrected chi connectivity index (χ3v) is 7.91. The Morgan fingerprint density at radius 3 is 2.68 bits per heavy atom. The molecule has 1 aliphatic rings. The fourth-order valence-electron chi connectivity index (χ4n) is 3.61. The van der Waals surface area contributed by atoms with Gasteiger partial charge < -0.3 is 4.52 Å². The molecule has 0 aliphatic heterocycles. The molecule has 0 radical (unpaired) electrons. The van der Waals surface area contributed by atoms with Crippen molar-refractivity contribution in [1.29, 1.82) is 0 Å². The van der Waals surface area contributed by atoms with Crippen LogP contribution >= 0.6 is 18.9 Å². The Morgan fingerprint density at radius 2 is 2.04 bits per heavy atom. The van der Waals surface area contributed by atoms with Crippen molar-refractivity contribution in [3.8, 4) is 0 Å². The number of benzene rings is 1. The van der Waals surface area contributed by atoms with E-state index in [1.807, 2.05) is 35.7 Å². The minimum Gasteiger partial charge on any atom is -0.306 e. The molecule has 3 rings (SSSR count). The average molecular weight is 378 g/mol. The van der Waals surface area contributed by atoms with Gasteiger partial charge in [0.1, 0.15) is 0 Å². The van der Waals surface area contributed by atoms with Crippen molar-refractivity contribution in [2.24, 2.45) is 17.8 Å². The topological polar surface area (TPSA) is 51.2 Å². The van der Waals surface area contributed by atoms with Crippen LogP contribution in [-0.4, -0.2) is 11.1 Å². The third kappa shape index (κ3) is 4.52. The summed E-state index contributed by atoms with van der Waals surface area (Å²) in [7, 11) is -3.23. The van der Waals surface area contributed by atoms with Crippen molar-refractivity contribution in [3.63, 3.8) is 0 Å². The lowest BCUT2D eigenvalue weighted by Crippen LogP contribution is -2.35. The molecule has 4 nitrogen and oxygen atoms in total. The molecule has 0 spiro atoms. The molecule has 6 heteroatoms. The molecule has 1 aromatic heterocycles. The molecule has 1 aliphatic carbocycles. The first-order chi connectivity index (χ1) is 12.0. The molecule has 0 bridgehead atoms. The Bertz CT molecular complexity index is 705. The lowest BCUT2D eigenvalue weighted by atomic mass is 9.75. The Labute approximate surface area is 154 Å². The van der Waals surface area contributed by atoms with Crippen LogP contribution < -0.4 is 10.4 Å². The first-order valence-electron chi connectivity index (χ1n) is 9.00. The van der Waals surface area contributed by atoms with E-state index in [1.165, 1.54) is 17.8 Å². The molecule has 4 atom stereocenters. The maximum Gasteiger partial charge on any atom is 0.326 e. The van der Waals surface area contributed by atoms with Crippen molar-refractivity contribution >= 4 is 29.3 Å². The van der Waals surface area contributed by atoms with Crippen LogP contribution in [0, 0.1) is 17.8 Å². The van der Waals surface area contributed by atoms with E-state index in [0.29, 0.717) is 28.2 Å². The van der Waals surface area contributed by atoms with Crippen LogP contribution in [0.25, 0.3) is 0 Å². The van der Waals surface area contributed by atoms with Gasteiger partial charge >= 0.3 is 7.52 Å². The van der Waals surface area contributed by atoms with E-state index in [-0.39, 0.29) is 6.10 Å². The quantitative estimate of drug-likeness (QED) is 0.670. The summed E-state index contributed by atoms with van der Waals surface area (Å²) < 4.78 is 20.3. The SMILES string of the molecule is CC1CCC(C(C)C)C(OP(=O)(Nc2nccs2)c2ccccc2)C1. The molecule has 1 N–H and O–H groups in total. The Kier molecular flexibility index (Phi) is 5.98. The average Bonchev–Trinajstić information content (AvgIpc) is 3.08. The van der Waals surface area contributed by atoms with E-state index < -0.39 is 7.52 Å². The highest BCUT2D eigenvalue weighted by Crippen LogP contribution is 2.51. The molecule has 1 fully saturated rings. The van der Waals surface area contributed by atoms with Gasteiger partial charge in [-0.3, -0.25) is 9.65 Å². The second kappa shape index (κ2) is 8.03. The van der Waals surface area contributed by atoms with E-state index in [1.54, 1.807) is 6.20 Å². The lowest BCUT2D eigenvalue weighted by Gasteiger charge is -2.38. The van der Waals surface area contributed by atoms with Crippen LogP contribution in [0.15, 0.2) is 41.9 Å². The van der Waals surface area contributed by atoms with Crippen molar-refractivity contribution in [2.45, 2.75) is 46.1 Å². The molecule has 1 heterocycles. The maximum absolute atomic E-state index is 13.9. The van der Waals surface area contributed by atoms with Crippen molar-refractivity contribution in [1.82, 2.24) is 4.98 Å². The molecule has 4 unspecified atom stereocenters. The van der Waals surface area contributed by atoms with E-state index >= 15 is 0 Å².